The zero-order valence-corrected chi connectivity index (χ0v) is 10.7. The van der Waals surface area contributed by atoms with Gasteiger partial charge in [0.2, 0.25) is 0 Å². The van der Waals surface area contributed by atoms with Crippen LogP contribution in [0.15, 0.2) is 30.3 Å². The molecule has 2 aromatic rings. The van der Waals surface area contributed by atoms with Crippen LogP contribution >= 0.6 is 0 Å². The number of nitrogens with zero attached hydrogens (tertiary/aromatic N) is 1. The van der Waals surface area contributed by atoms with E-state index in [1.54, 1.807) is 6.92 Å². The Labute approximate surface area is 110 Å². The summed E-state index contributed by atoms with van der Waals surface area (Å²) < 4.78 is 0. The summed E-state index contributed by atoms with van der Waals surface area (Å²) in [5.74, 6) is -0.482. The van der Waals surface area contributed by atoms with E-state index in [1.807, 2.05) is 30.3 Å². The first-order chi connectivity index (χ1) is 9.13. The molecular formula is C13H14N4O2. The lowest BCUT2D eigenvalue weighted by atomic mass is 10.1. The quantitative estimate of drug-likeness (QED) is 0.762. The van der Waals surface area contributed by atoms with Crippen molar-refractivity contribution in [2.24, 2.45) is 0 Å². The number of H-pyrrole nitrogens is 1. The number of aryl methyl sites for hydroxylation is 1. The monoisotopic (exact) mass is 258 g/mol. The third-order valence-corrected chi connectivity index (χ3v) is 2.69. The van der Waals surface area contributed by atoms with Crippen LogP contribution in [-0.4, -0.2) is 29.2 Å². The van der Waals surface area contributed by atoms with Crippen molar-refractivity contribution in [1.82, 2.24) is 20.8 Å². The van der Waals surface area contributed by atoms with Gasteiger partial charge in [-0.3, -0.25) is 15.2 Å². The normalized spacial score (nSPS) is 10.0. The number of carbonyl (C=O) groups excluding carboxylic acids is 2. The lowest BCUT2D eigenvalue weighted by Gasteiger charge is -2.05. The second-order valence-electron chi connectivity index (χ2n) is 3.96. The molecule has 1 aromatic heterocycles. The minimum absolute atomic E-state index is 0.370. The predicted molar refractivity (Wildman–Crippen MR) is 70.7 cm³/mol. The lowest BCUT2D eigenvalue weighted by Crippen LogP contribution is -2.37. The fraction of sp³-hybridized carbons (Fsp3) is 0.154. The summed E-state index contributed by atoms with van der Waals surface area (Å²) in [6.45, 7) is 1.71. The zero-order chi connectivity index (χ0) is 13.8. The third kappa shape index (κ3) is 2.62. The molecule has 0 fully saturated rings. The molecule has 0 aliphatic carbocycles. The zero-order valence-electron chi connectivity index (χ0n) is 10.7. The van der Waals surface area contributed by atoms with Crippen LogP contribution in [0.25, 0.3) is 11.3 Å². The summed E-state index contributed by atoms with van der Waals surface area (Å²) in [6.07, 6.45) is 0. The lowest BCUT2D eigenvalue weighted by molar-refractivity contribution is 0.0964. The Bertz CT molecular complexity index is 604. The molecule has 0 bridgehead atoms. The third-order valence-electron chi connectivity index (χ3n) is 2.69. The maximum atomic E-state index is 12.1. The Morgan fingerprint density at radius 1 is 1.21 bits per heavy atom. The van der Waals surface area contributed by atoms with Gasteiger partial charge in [0, 0.05) is 12.6 Å². The molecule has 0 aliphatic heterocycles. The summed E-state index contributed by atoms with van der Waals surface area (Å²) in [6, 6.07) is 8.80. The predicted octanol–water partition coefficient (Wildman–Crippen LogP) is 1.45. The molecule has 0 radical (unpaired) electrons. The molecule has 3 amide bonds. The van der Waals surface area contributed by atoms with Crippen molar-refractivity contribution in [2.75, 3.05) is 7.05 Å². The maximum Gasteiger partial charge on any atom is 0.321 e. The Morgan fingerprint density at radius 2 is 1.89 bits per heavy atom. The van der Waals surface area contributed by atoms with E-state index in [0.717, 1.165) is 5.56 Å². The number of benzene rings is 1. The molecule has 98 valence electrons. The van der Waals surface area contributed by atoms with Gasteiger partial charge in [-0.15, -0.1) is 0 Å². The molecule has 0 saturated carbocycles. The molecular weight excluding hydrogens is 244 g/mol. The fourth-order valence-corrected chi connectivity index (χ4v) is 1.75. The van der Waals surface area contributed by atoms with Gasteiger partial charge in [-0.2, -0.15) is 5.10 Å². The summed E-state index contributed by atoms with van der Waals surface area (Å²) in [5, 5.41) is 11.4. The van der Waals surface area contributed by atoms with Gasteiger partial charge in [0.1, 0.15) is 0 Å². The van der Waals surface area contributed by atoms with E-state index in [-0.39, 0.29) is 0 Å². The van der Waals surface area contributed by atoms with Crippen LogP contribution in [0.1, 0.15) is 16.1 Å². The number of rotatable bonds is 2. The summed E-state index contributed by atoms with van der Waals surface area (Å²) in [7, 11) is 1.45. The summed E-state index contributed by atoms with van der Waals surface area (Å²) >= 11 is 0. The van der Waals surface area contributed by atoms with E-state index in [9.17, 15) is 9.59 Å². The van der Waals surface area contributed by atoms with Crippen molar-refractivity contribution >= 4 is 11.9 Å². The Morgan fingerprint density at radius 3 is 2.53 bits per heavy atom. The number of amides is 3. The molecule has 1 heterocycles. The Hall–Kier alpha value is -2.63. The highest BCUT2D eigenvalue weighted by Crippen LogP contribution is 2.23. The van der Waals surface area contributed by atoms with Crippen molar-refractivity contribution in [3.63, 3.8) is 0 Å². The minimum Gasteiger partial charge on any atom is -0.341 e. The van der Waals surface area contributed by atoms with E-state index in [0.29, 0.717) is 17.0 Å². The first-order valence-electron chi connectivity index (χ1n) is 5.77. The van der Waals surface area contributed by atoms with Gasteiger partial charge in [-0.1, -0.05) is 30.3 Å². The van der Waals surface area contributed by atoms with Crippen LogP contribution in [0.4, 0.5) is 4.79 Å². The number of nitrogens with one attached hydrogen (secondary N) is 3. The summed E-state index contributed by atoms with van der Waals surface area (Å²) in [4.78, 5) is 23.3. The van der Waals surface area contributed by atoms with Crippen molar-refractivity contribution in [3.8, 4) is 11.3 Å². The highest BCUT2D eigenvalue weighted by molar-refractivity contribution is 6.08. The molecule has 0 unspecified atom stereocenters. The van der Waals surface area contributed by atoms with Crippen LogP contribution in [0.5, 0.6) is 0 Å². The van der Waals surface area contributed by atoms with Crippen LogP contribution in [-0.2, 0) is 0 Å². The molecule has 19 heavy (non-hydrogen) atoms. The van der Waals surface area contributed by atoms with Crippen LogP contribution in [0.3, 0.4) is 0 Å². The number of hydrogen-bond acceptors (Lipinski definition) is 3. The van der Waals surface area contributed by atoms with Crippen LogP contribution in [0, 0.1) is 6.92 Å². The molecule has 6 nitrogen and oxygen atoms in total. The van der Waals surface area contributed by atoms with Gasteiger partial charge in [-0.05, 0) is 6.92 Å². The Kier molecular flexibility index (Phi) is 3.61. The first kappa shape index (κ1) is 12.8. The number of aromatic nitrogens is 2. The molecule has 1 aromatic carbocycles. The molecule has 0 atom stereocenters. The van der Waals surface area contributed by atoms with Gasteiger partial charge >= 0.3 is 6.03 Å². The Balaban J connectivity index is 2.38. The van der Waals surface area contributed by atoms with E-state index in [1.165, 1.54) is 7.05 Å². The van der Waals surface area contributed by atoms with E-state index < -0.39 is 11.9 Å². The second kappa shape index (κ2) is 5.34. The second-order valence-corrected chi connectivity index (χ2v) is 3.96. The first-order valence-corrected chi connectivity index (χ1v) is 5.77. The van der Waals surface area contributed by atoms with E-state index in [2.05, 4.69) is 20.8 Å². The topological polar surface area (TPSA) is 86.9 Å². The van der Waals surface area contributed by atoms with Gasteiger partial charge in [0.15, 0.2) is 0 Å². The largest absolute Gasteiger partial charge is 0.341 e. The fourth-order valence-electron chi connectivity index (χ4n) is 1.75. The highest BCUT2D eigenvalue weighted by Gasteiger charge is 2.20. The number of urea groups is 1. The van der Waals surface area contributed by atoms with Crippen molar-refractivity contribution in [3.05, 3.63) is 41.6 Å². The highest BCUT2D eigenvalue weighted by atomic mass is 16.2. The maximum absolute atomic E-state index is 12.1. The number of hydrogen-bond donors (Lipinski definition) is 3. The molecule has 2 rings (SSSR count). The average Bonchev–Trinajstić information content (AvgIpc) is 2.81. The minimum atomic E-state index is -0.551. The molecule has 0 aliphatic rings. The van der Waals surface area contributed by atoms with Crippen LogP contribution < -0.4 is 10.6 Å². The smallest absolute Gasteiger partial charge is 0.321 e. The van der Waals surface area contributed by atoms with E-state index in [4.69, 9.17) is 0 Å². The molecule has 3 N–H and O–H groups in total. The van der Waals surface area contributed by atoms with Crippen molar-refractivity contribution < 1.29 is 9.59 Å². The van der Waals surface area contributed by atoms with E-state index >= 15 is 0 Å². The van der Waals surface area contributed by atoms with Gasteiger partial charge < -0.3 is 5.32 Å². The number of imide groups is 1. The average molecular weight is 258 g/mol. The van der Waals surface area contributed by atoms with Crippen molar-refractivity contribution in [1.29, 1.82) is 0 Å². The SMILES string of the molecule is CNC(=O)NC(=O)c1c(C)n[nH]c1-c1ccccc1. The molecule has 0 spiro atoms. The molecule has 6 heteroatoms. The van der Waals surface area contributed by atoms with Gasteiger partial charge in [0.05, 0.1) is 17.0 Å². The number of carbonyl (C=O) groups is 2. The summed E-state index contributed by atoms with van der Waals surface area (Å²) in [5.41, 5.74) is 2.35. The van der Waals surface area contributed by atoms with Gasteiger partial charge in [-0.25, -0.2) is 4.79 Å². The standard InChI is InChI=1S/C13H14N4O2/c1-8-10(12(18)15-13(19)14-2)11(17-16-8)9-6-4-3-5-7-9/h3-7H,1-2H3,(H,16,17)(H2,14,15,18,19). The van der Waals surface area contributed by atoms with Gasteiger partial charge in [0.25, 0.3) is 5.91 Å². The van der Waals surface area contributed by atoms with Crippen LogP contribution in [0.2, 0.25) is 0 Å². The number of aromatic amines is 1. The van der Waals surface area contributed by atoms with Crippen molar-refractivity contribution in [2.45, 2.75) is 6.92 Å². The molecule has 0 saturated heterocycles.